The molecule has 0 atom stereocenters. The van der Waals surface area contributed by atoms with Crippen LogP contribution in [0.25, 0.3) is 10.9 Å². The maximum Gasteiger partial charge on any atom is 0.258 e. The summed E-state index contributed by atoms with van der Waals surface area (Å²) < 4.78 is 11.4. The van der Waals surface area contributed by atoms with Crippen molar-refractivity contribution in [3.8, 4) is 11.5 Å². The normalized spacial score (nSPS) is 17.2. The zero-order chi connectivity index (χ0) is 21.6. The van der Waals surface area contributed by atoms with Crippen LogP contribution in [0.1, 0.15) is 46.0 Å². The number of aromatic nitrogens is 2. The second-order valence-corrected chi connectivity index (χ2v) is 8.03. The fourth-order valence-electron chi connectivity index (χ4n) is 4.43. The molecule has 1 saturated heterocycles. The third kappa shape index (κ3) is 3.28. The van der Waals surface area contributed by atoms with Gasteiger partial charge in [-0.25, -0.2) is 0 Å². The molecule has 1 spiro atoms. The number of aryl methyl sites for hydroxylation is 1. The zero-order valence-corrected chi connectivity index (χ0v) is 17.5. The Labute approximate surface area is 179 Å². The number of carbonyl (C=O) groups is 2. The molecule has 0 radical (unpaired) electrons. The first-order chi connectivity index (χ1) is 15.0. The molecule has 0 saturated carbocycles. The molecule has 0 unspecified atom stereocenters. The molecule has 2 N–H and O–H groups in total. The van der Waals surface area contributed by atoms with Crippen LogP contribution in [0, 0.1) is 0 Å². The summed E-state index contributed by atoms with van der Waals surface area (Å²) in [5.41, 5.74) is 2.38. The van der Waals surface area contributed by atoms with Gasteiger partial charge in [-0.1, -0.05) is 6.92 Å². The lowest BCUT2D eigenvalue weighted by Crippen LogP contribution is -2.61. The first-order valence-corrected chi connectivity index (χ1v) is 10.5. The molecule has 31 heavy (non-hydrogen) atoms. The van der Waals surface area contributed by atoms with Gasteiger partial charge in [-0.2, -0.15) is 5.10 Å². The molecular weight excluding hydrogens is 396 g/mol. The van der Waals surface area contributed by atoms with E-state index >= 15 is 0 Å². The van der Waals surface area contributed by atoms with Crippen molar-refractivity contribution < 1.29 is 19.1 Å². The average molecular weight is 420 g/mol. The number of fused-ring (bicyclic) bond motifs is 2. The van der Waals surface area contributed by atoms with E-state index < -0.39 is 5.72 Å². The number of carbonyl (C=O) groups excluding carboxylic acids is 2. The lowest BCUT2D eigenvalue weighted by atomic mass is 9.96. The molecule has 2 amide bonds. The molecule has 160 valence electrons. The van der Waals surface area contributed by atoms with Crippen molar-refractivity contribution >= 4 is 22.7 Å². The van der Waals surface area contributed by atoms with E-state index in [4.69, 9.17) is 9.47 Å². The Balaban J connectivity index is 1.33. The predicted molar refractivity (Wildman–Crippen MR) is 114 cm³/mol. The highest BCUT2D eigenvalue weighted by Gasteiger charge is 2.43. The fourth-order valence-corrected chi connectivity index (χ4v) is 4.43. The number of hydrogen-bond donors (Lipinski definition) is 2. The van der Waals surface area contributed by atoms with Gasteiger partial charge < -0.3 is 19.7 Å². The fraction of sp³-hybridized carbons (Fsp3) is 0.348. The van der Waals surface area contributed by atoms with Gasteiger partial charge in [-0.15, -0.1) is 0 Å². The molecule has 3 heterocycles. The third-order valence-corrected chi connectivity index (χ3v) is 6.19. The maximum atomic E-state index is 13.2. The number of nitrogens with zero attached hydrogens (tertiary/aromatic N) is 2. The number of hydrogen-bond acceptors (Lipinski definition) is 5. The molecule has 0 aliphatic carbocycles. The summed E-state index contributed by atoms with van der Waals surface area (Å²) in [4.78, 5) is 27.7. The largest absolute Gasteiger partial charge is 0.497 e. The molecule has 3 aromatic rings. The summed E-state index contributed by atoms with van der Waals surface area (Å²) in [6.07, 6.45) is 3.59. The van der Waals surface area contributed by atoms with Crippen molar-refractivity contribution in [1.29, 1.82) is 0 Å². The number of aromatic amines is 1. The molecule has 1 aromatic heterocycles. The zero-order valence-electron chi connectivity index (χ0n) is 17.5. The number of amides is 2. The topological polar surface area (TPSA) is 96.6 Å². The van der Waals surface area contributed by atoms with E-state index in [9.17, 15) is 9.59 Å². The monoisotopic (exact) mass is 420 g/mol. The third-order valence-electron chi connectivity index (χ3n) is 6.19. The van der Waals surface area contributed by atoms with Crippen LogP contribution in [0.3, 0.4) is 0 Å². The van der Waals surface area contributed by atoms with E-state index in [1.165, 1.54) is 0 Å². The van der Waals surface area contributed by atoms with Crippen molar-refractivity contribution in [3.05, 3.63) is 53.2 Å². The summed E-state index contributed by atoms with van der Waals surface area (Å²) in [5.74, 6) is 0.954. The lowest BCUT2D eigenvalue weighted by Gasteiger charge is -2.44. The van der Waals surface area contributed by atoms with Crippen molar-refractivity contribution in [2.24, 2.45) is 0 Å². The van der Waals surface area contributed by atoms with E-state index in [1.54, 1.807) is 31.5 Å². The van der Waals surface area contributed by atoms with Crippen molar-refractivity contribution in [1.82, 2.24) is 20.4 Å². The van der Waals surface area contributed by atoms with Crippen LogP contribution in [0.2, 0.25) is 0 Å². The van der Waals surface area contributed by atoms with Gasteiger partial charge in [0.05, 0.1) is 24.4 Å². The Morgan fingerprint density at radius 3 is 2.81 bits per heavy atom. The van der Waals surface area contributed by atoms with Crippen molar-refractivity contribution in [3.63, 3.8) is 0 Å². The summed E-state index contributed by atoms with van der Waals surface area (Å²) >= 11 is 0. The van der Waals surface area contributed by atoms with Crippen LogP contribution in [-0.2, 0) is 6.42 Å². The Bertz CT molecular complexity index is 1180. The number of nitrogens with one attached hydrogen (secondary N) is 2. The van der Waals surface area contributed by atoms with Crippen LogP contribution < -0.4 is 14.8 Å². The van der Waals surface area contributed by atoms with Crippen molar-refractivity contribution in [2.45, 2.75) is 31.9 Å². The Hall–Kier alpha value is -3.55. The van der Waals surface area contributed by atoms with Gasteiger partial charge in [0.1, 0.15) is 11.5 Å². The molecule has 5 rings (SSSR count). The predicted octanol–water partition coefficient (Wildman–Crippen LogP) is 2.89. The molecule has 2 aliphatic rings. The minimum atomic E-state index is -0.793. The number of rotatable bonds is 3. The second-order valence-electron chi connectivity index (χ2n) is 8.03. The molecular formula is C23H24N4O4. The number of H-pyrrole nitrogens is 1. The van der Waals surface area contributed by atoms with E-state index in [0.717, 1.165) is 22.9 Å². The highest BCUT2D eigenvalue weighted by Crippen LogP contribution is 2.35. The van der Waals surface area contributed by atoms with Gasteiger partial charge in [-0.3, -0.25) is 14.7 Å². The first kappa shape index (κ1) is 19.4. The molecule has 8 nitrogen and oxygen atoms in total. The second kappa shape index (κ2) is 7.30. The van der Waals surface area contributed by atoms with Crippen molar-refractivity contribution in [2.75, 3.05) is 20.2 Å². The van der Waals surface area contributed by atoms with Gasteiger partial charge in [0, 0.05) is 36.9 Å². The maximum absolute atomic E-state index is 13.2. The minimum absolute atomic E-state index is 0.0140. The molecule has 1 fully saturated rings. The number of piperidine rings is 1. The molecule has 2 aliphatic heterocycles. The molecule has 8 heteroatoms. The van der Waals surface area contributed by atoms with Crippen LogP contribution >= 0.6 is 0 Å². The standard InChI is InChI=1S/C23H24N4O4/c1-3-14-10-15(11-16-13-24-26-20(14)16)22(29)27-8-6-23(7-9-27)25-21(28)18-12-17(30-2)4-5-19(18)31-23/h4-5,10-13H,3,6-9H2,1-2H3,(H,24,26)(H,25,28). The lowest BCUT2D eigenvalue weighted by molar-refractivity contribution is -0.0246. The number of ether oxygens (including phenoxy) is 2. The average Bonchev–Trinajstić information content (AvgIpc) is 3.27. The van der Waals surface area contributed by atoms with E-state index in [1.807, 2.05) is 17.0 Å². The molecule has 2 aromatic carbocycles. The van der Waals surface area contributed by atoms with Gasteiger partial charge in [0.25, 0.3) is 11.8 Å². The SMILES string of the molecule is CCc1cc(C(=O)N2CCC3(CC2)NC(=O)c2cc(OC)ccc2O3)cc2cn[nH]c12. The first-order valence-electron chi connectivity index (χ1n) is 10.5. The van der Waals surface area contributed by atoms with Gasteiger partial charge in [0.15, 0.2) is 5.72 Å². The highest BCUT2D eigenvalue weighted by atomic mass is 16.5. The number of benzene rings is 2. The number of likely N-dealkylation sites (tertiary alicyclic amines) is 1. The van der Waals surface area contributed by atoms with Crippen LogP contribution in [0.5, 0.6) is 11.5 Å². The summed E-state index contributed by atoms with van der Waals surface area (Å²) in [6.45, 7) is 3.05. The smallest absolute Gasteiger partial charge is 0.258 e. The Morgan fingerprint density at radius 2 is 2.06 bits per heavy atom. The number of methoxy groups -OCH3 is 1. The van der Waals surface area contributed by atoms with E-state index in [0.29, 0.717) is 48.6 Å². The van der Waals surface area contributed by atoms with Crippen LogP contribution in [0.4, 0.5) is 0 Å². The van der Waals surface area contributed by atoms with Crippen LogP contribution in [0.15, 0.2) is 36.5 Å². The Morgan fingerprint density at radius 1 is 1.26 bits per heavy atom. The minimum Gasteiger partial charge on any atom is -0.497 e. The van der Waals surface area contributed by atoms with E-state index in [2.05, 4.69) is 22.4 Å². The summed E-state index contributed by atoms with van der Waals surface area (Å²) in [6, 6.07) is 9.04. The van der Waals surface area contributed by atoms with Crippen LogP contribution in [-0.4, -0.2) is 52.8 Å². The van der Waals surface area contributed by atoms with Gasteiger partial charge in [0.2, 0.25) is 0 Å². The summed E-state index contributed by atoms with van der Waals surface area (Å²) in [5, 5.41) is 11.1. The highest BCUT2D eigenvalue weighted by molar-refractivity contribution is 6.00. The van der Waals surface area contributed by atoms with E-state index in [-0.39, 0.29) is 11.8 Å². The Kier molecular flexibility index (Phi) is 4.57. The summed E-state index contributed by atoms with van der Waals surface area (Å²) in [7, 11) is 1.56. The van der Waals surface area contributed by atoms with Gasteiger partial charge in [-0.05, 0) is 42.3 Å². The quantitative estimate of drug-likeness (QED) is 0.679. The van der Waals surface area contributed by atoms with Gasteiger partial charge >= 0.3 is 0 Å². The molecule has 0 bridgehead atoms.